The molecule has 1 rings (SSSR count). The van der Waals surface area contributed by atoms with E-state index in [9.17, 15) is 0 Å². The lowest BCUT2D eigenvalue weighted by atomic mass is 9.90. The lowest BCUT2D eigenvalue weighted by Gasteiger charge is -2.40. The molecule has 0 bridgehead atoms. The third kappa shape index (κ3) is 4.42. The quantitative estimate of drug-likeness (QED) is 0.684. The second kappa shape index (κ2) is 7.29. The molecule has 0 spiro atoms. The summed E-state index contributed by atoms with van der Waals surface area (Å²) in [7, 11) is 2.32. The van der Waals surface area contributed by atoms with Crippen molar-refractivity contribution in [2.24, 2.45) is 5.92 Å². The molecule has 96 valence electrons. The second-order valence-corrected chi connectivity index (χ2v) is 5.74. The number of nitrogens with one attached hydrogen (secondary N) is 1. The lowest BCUT2D eigenvalue weighted by Crippen LogP contribution is -2.48. The van der Waals surface area contributed by atoms with Crippen LogP contribution in [0.5, 0.6) is 0 Å². The van der Waals surface area contributed by atoms with Crippen LogP contribution in [0.25, 0.3) is 0 Å². The summed E-state index contributed by atoms with van der Waals surface area (Å²) in [5, 5.41) is 3.61. The van der Waals surface area contributed by atoms with Crippen molar-refractivity contribution in [3.63, 3.8) is 0 Å². The van der Waals surface area contributed by atoms with Crippen LogP contribution in [0.15, 0.2) is 0 Å². The largest absolute Gasteiger partial charge is 0.315 e. The fourth-order valence-electron chi connectivity index (χ4n) is 2.41. The topological polar surface area (TPSA) is 15.3 Å². The van der Waals surface area contributed by atoms with Crippen molar-refractivity contribution in [2.75, 3.05) is 20.1 Å². The standard InChI is InChI=1S/C14H30N2/c1-5-7-14(11-15-10-12(2)3)16(4)13-8-6-9-13/h12-15H,5-11H2,1-4H3. The first-order chi connectivity index (χ1) is 7.65. The van der Waals surface area contributed by atoms with E-state index in [1.807, 2.05) is 0 Å². The van der Waals surface area contributed by atoms with Gasteiger partial charge in [0.15, 0.2) is 0 Å². The average Bonchev–Trinajstić information content (AvgIpc) is 2.13. The highest BCUT2D eigenvalue weighted by Crippen LogP contribution is 2.26. The Kier molecular flexibility index (Phi) is 6.37. The van der Waals surface area contributed by atoms with Crippen LogP contribution in [-0.4, -0.2) is 37.1 Å². The third-order valence-corrected chi connectivity index (χ3v) is 3.78. The van der Waals surface area contributed by atoms with Gasteiger partial charge >= 0.3 is 0 Å². The minimum Gasteiger partial charge on any atom is -0.315 e. The molecule has 0 heterocycles. The Hall–Kier alpha value is -0.0800. The van der Waals surface area contributed by atoms with Gasteiger partial charge in [0.2, 0.25) is 0 Å². The second-order valence-electron chi connectivity index (χ2n) is 5.74. The van der Waals surface area contributed by atoms with Crippen molar-refractivity contribution in [3.8, 4) is 0 Å². The van der Waals surface area contributed by atoms with Gasteiger partial charge in [0, 0.05) is 18.6 Å². The number of hydrogen-bond acceptors (Lipinski definition) is 2. The highest BCUT2D eigenvalue weighted by atomic mass is 15.2. The molecule has 0 aliphatic heterocycles. The van der Waals surface area contributed by atoms with Crippen LogP contribution < -0.4 is 5.32 Å². The molecule has 1 N–H and O–H groups in total. The van der Waals surface area contributed by atoms with E-state index in [1.165, 1.54) is 38.6 Å². The van der Waals surface area contributed by atoms with Crippen molar-refractivity contribution in [2.45, 2.75) is 65.0 Å². The fourth-order valence-corrected chi connectivity index (χ4v) is 2.41. The van der Waals surface area contributed by atoms with Crippen molar-refractivity contribution < 1.29 is 0 Å². The van der Waals surface area contributed by atoms with Gasteiger partial charge in [-0.25, -0.2) is 0 Å². The zero-order chi connectivity index (χ0) is 12.0. The van der Waals surface area contributed by atoms with Gasteiger partial charge in [-0.1, -0.05) is 33.6 Å². The van der Waals surface area contributed by atoms with E-state index in [2.05, 4.69) is 38.0 Å². The van der Waals surface area contributed by atoms with Gasteiger partial charge < -0.3 is 5.32 Å². The van der Waals surface area contributed by atoms with E-state index < -0.39 is 0 Å². The first kappa shape index (κ1) is 14.0. The van der Waals surface area contributed by atoms with Gasteiger partial charge in [0.05, 0.1) is 0 Å². The molecular formula is C14H30N2. The molecule has 2 nitrogen and oxygen atoms in total. The van der Waals surface area contributed by atoms with E-state index in [4.69, 9.17) is 0 Å². The highest BCUT2D eigenvalue weighted by Gasteiger charge is 2.26. The van der Waals surface area contributed by atoms with Gasteiger partial charge in [-0.3, -0.25) is 4.90 Å². The summed E-state index contributed by atoms with van der Waals surface area (Å²) < 4.78 is 0. The molecule has 1 atom stereocenters. The normalized spacial score (nSPS) is 19.1. The van der Waals surface area contributed by atoms with Crippen LogP contribution >= 0.6 is 0 Å². The number of likely N-dealkylation sites (N-methyl/N-ethyl adjacent to an activating group) is 1. The highest BCUT2D eigenvalue weighted by molar-refractivity contribution is 4.83. The maximum absolute atomic E-state index is 3.61. The molecule has 1 aliphatic rings. The summed E-state index contributed by atoms with van der Waals surface area (Å²) in [5.74, 6) is 0.760. The third-order valence-electron chi connectivity index (χ3n) is 3.78. The number of nitrogens with zero attached hydrogens (tertiary/aromatic N) is 1. The van der Waals surface area contributed by atoms with E-state index in [0.29, 0.717) is 0 Å². The Morgan fingerprint density at radius 1 is 1.25 bits per heavy atom. The zero-order valence-corrected chi connectivity index (χ0v) is 11.6. The minimum atomic E-state index is 0.744. The maximum Gasteiger partial charge on any atom is 0.0220 e. The molecule has 16 heavy (non-hydrogen) atoms. The molecule has 2 heteroatoms. The van der Waals surface area contributed by atoms with Crippen molar-refractivity contribution >= 4 is 0 Å². The van der Waals surface area contributed by atoms with Crippen molar-refractivity contribution in [1.82, 2.24) is 10.2 Å². The summed E-state index contributed by atoms with van der Waals surface area (Å²) in [5.41, 5.74) is 0. The summed E-state index contributed by atoms with van der Waals surface area (Å²) in [6.07, 6.45) is 6.90. The van der Waals surface area contributed by atoms with E-state index in [1.54, 1.807) is 0 Å². The molecule has 1 saturated carbocycles. The molecule has 1 fully saturated rings. The summed E-state index contributed by atoms with van der Waals surface area (Å²) in [6, 6.07) is 1.62. The van der Waals surface area contributed by atoms with Crippen LogP contribution in [0, 0.1) is 5.92 Å². The summed E-state index contributed by atoms with van der Waals surface area (Å²) in [6.45, 7) is 9.16. The van der Waals surface area contributed by atoms with Crippen LogP contribution in [0.3, 0.4) is 0 Å². The first-order valence-electron chi connectivity index (χ1n) is 7.07. The summed E-state index contributed by atoms with van der Waals surface area (Å²) in [4.78, 5) is 2.63. The molecule has 0 aromatic rings. The molecule has 0 aromatic heterocycles. The lowest BCUT2D eigenvalue weighted by molar-refractivity contribution is 0.103. The Labute approximate surface area is 102 Å². The van der Waals surface area contributed by atoms with Crippen LogP contribution in [0.4, 0.5) is 0 Å². The van der Waals surface area contributed by atoms with Gasteiger partial charge in [0.1, 0.15) is 0 Å². The average molecular weight is 226 g/mol. The maximum atomic E-state index is 3.61. The molecule has 0 radical (unpaired) electrons. The van der Waals surface area contributed by atoms with Gasteiger partial charge in [0.25, 0.3) is 0 Å². The SMILES string of the molecule is CCCC(CNCC(C)C)N(C)C1CCC1. The Morgan fingerprint density at radius 3 is 2.38 bits per heavy atom. The molecule has 0 aromatic carbocycles. The number of hydrogen-bond donors (Lipinski definition) is 1. The monoisotopic (exact) mass is 226 g/mol. The Bertz CT molecular complexity index is 176. The Morgan fingerprint density at radius 2 is 1.94 bits per heavy atom. The van der Waals surface area contributed by atoms with E-state index in [0.717, 1.165) is 24.5 Å². The summed E-state index contributed by atoms with van der Waals surface area (Å²) >= 11 is 0. The van der Waals surface area contributed by atoms with Crippen LogP contribution in [-0.2, 0) is 0 Å². The fraction of sp³-hybridized carbons (Fsp3) is 1.00. The van der Waals surface area contributed by atoms with Crippen molar-refractivity contribution in [1.29, 1.82) is 0 Å². The molecule has 1 unspecified atom stereocenters. The predicted octanol–water partition coefficient (Wildman–Crippen LogP) is 2.89. The van der Waals surface area contributed by atoms with E-state index in [-0.39, 0.29) is 0 Å². The van der Waals surface area contributed by atoms with Crippen LogP contribution in [0.2, 0.25) is 0 Å². The molecule has 0 saturated heterocycles. The Balaban J connectivity index is 2.27. The van der Waals surface area contributed by atoms with E-state index >= 15 is 0 Å². The van der Waals surface area contributed by atoms with Crippen molar-refractivity contribution in [3.05, 3.63) is 0 Å². The van der Waals surface area contributed by atoms with Gasteiger partial charge in [-0.15, -0.1) is 0 Å². The van der Waals surface area contributed by atoms with Gasteiger partial charge in [-0.05, 0) is 38.8 Å². The minimum absolute atomic E-state index is 0.744. The van der Waals surface area contributed by atoms with Crippen LogP contribution in [0.1, 0.15) is 52.9 Å². The first-order valence-corrected chi connectivity index (χ1v) is 7.07. The smallest absolute Gasteiger partial charge is 0.0220 e. The number of rotatable bonds is 8. The molecular weight excluding hydrogens is 196 g/mol. The zero-order valence-electron chi connectivity index (χ0n) is 11.6. The molecule has 0 amide bonds. The molecule has 1 aliphatic carbocycles. The van der Waals surface area contributed by atoms with Gasteiger partial charge in [-0.2, -0.15) is 0 Å². The predicted molar refractivity (Wildman–Crippen MR) is 71.8 cm³/mol.